The summed E-state index contributed by atoms with van der Waals surface area (Å²) in [4.78, 5) is 8.82. The number of alkyl halides is 2. The molecule has 1 unspecified atom stereocenters. The number of hydrogen-bond acceptors (Lipinski definition) is 4. The Kier molecular flexibility index (Phi) is 9.08. The maximum absolute atomic E-state index is 12.6. The normalized spacial score (nSPS) is 16.3. The number of aryl methyl sites for hydroxylation is 1. The molecule has 0 saturated carbocycles. The molecular weight excluding hydrogens is 529 g/mol. The van der Waals surface area contributed by atoms with E-state index in [2.05, 4.69) is 44.3 Å². The predicted octanol–water partition coefficient (Wildman–Crippen LogP) is 3.95. The summed E-state index contributed by atoms with van der Waals surface area (Å²) >= 11 is 6.00. The topological polar surface area (TPSA) is 76.4 Å². The first-order valence-electron chi connectivity index (χ1n) is 9.49. The van der Waals surface area contributed by atoms with Crippen molar-refractivity contribution in [2.45, 2.75) is 58.3 Å². The van der Waals surface area contributed by atoms with Gasteiger partial charge < -0.3 is 15.4 Å². The van der Waals surface area contributed by atoms with Crippen LogP contribution in [0.5, 0.6) is 5.75 Å². The minimum absolute atomic E-state index is 0. The Morgan fingerprint density at radius 1 is 1.40 bits per heavy atom. The lowest BCUT2D eigenvalue weighted by Crippen LogP contribution is -2.46. The van der Waals surface area contributed by atoms with Crippen molar-refractivity contribution >= 4 is 41.5 Å². The van der Waals surface area contributed by atoms with Crippen molar-refractivity contribution in [3.05, 3.63) is 40.4 Å². The number of benzene rings is 1. The van der Waals surface area contributed by atoms with Crippen LogP contribution in [0.3, 0.4) is 0 Å². The molecule has 2 N–H and O–H groups in total. The van der Waals surface area contributed by atoms with Gasteiger partial charge in [-0.1, -0.05) is 25.4 Å². The number of nitrogens with one attached hydrogen (secondary N) is 2. The molecule has 1 aliphatic heterocycles. The van der Waals surface area contributed by atoms with Gasteiger partial charge in [-0.2, -0.15) is 13.9 Å². The van der Waals surface area contributed by atoms with Crippen LogP contribution in [-0.4, -0.2) is 40.4 Å². The lowest BCUT2D eigenvalue weighted by atomic mass is 10.1. The monoisotopic (exact) mass is 554 g/mol. The minimum atomic E-state index is -2.90. The lowest BCUT2D eigenvalue weighted by molar-refractivity contribution is -0.0504. The van der Waals surface area contributed by atoms with Crippen molar-refractivity contribution in [2.24, 2.45) is 4.99 Å². The molecule has 1 aromatic heterocycles. The fourth-order valence-corrected chi connectivity index (χ4v) is 3.35. The summed E-state index contributed by atoms with van der Waals surface area (Å²) < 4.78 is 31.8. The van der Waals surface area contributed by atoms with Crippen molar-refractivity contribution in [1.29, 1.82) is 0 Å². The highest BCUT2D eigenvalue weighted by Gasteiger charge is 2.23. The number of hydrogen-bond donors (Lipinski definition) is 2. The van der Waals surface area contributed by atoms with E-state index in [1.165, 1.54) is 12.1 Å². The third-order valence-electron chi connectivity index (χ3n) is 4.64. The van der Waals surface area contributed by atoms with E-state index in [-0.39, 0.29) is 48.2 Å². The molecule has 2 aromatic rings. The molecule has 0 fully saturated rings. The van der Waals surface area contributed by atoms with Gasteiger partial charge in [-0.25, -0.2) is 9.67 Å². The maximum atomic E-state index is 12.6. The molecule has 166 valence electrons. The molecule has 0 bridgehead atoms. The summed E-state index contributed by atoms with van der Waals surface area (Å²) in [6.07, 6.45) is 1.73. The Morgan fingerprint density at radius 2 is 2.17 bits per heavy atom. The first-order valence-corrected chi connectivity index (χ1v) is 9.87. The van der Waals surface area contributed by atoms with E-state index in [9.17, 15) is 8.78 Å². The first kappa shape index (κ1) is 24.6. The van der Waals surface area contributed by atoms with Gasteiger partial charge in [-0.05, 0) is 24.6 Å². The number of nitrogens with zero attached hydrogens (tertiary/aromatic N) is 4. The molecule has 2 heterocycles. The Morgan fingerprint density at radius 3 is 2.83 bits per heavy atom. The van der Waals surface area contributed by atoms with Gasteiger partial charge in [0.25, 0.3) is 0 Å². The Hall–Kier alpha value is -1.69. The molecule has 30 heavy (non-hydrogen) atoms. The number of aliphatic imine (C=N–C) groups is 1. The third kappa shape index (κ3) is 6.40. The van der Waals surface area contributed by atoms with Crippen LogP contribution in [-0.2, 0) is 19.5 Å². The number of fused-ring (bicyclic) bond motifs is 1. The summed E-state index contributed by atoms with van der Waals surface area (Å²) in [7, 11) is 1.66. The third-order valence-corrected chi connectivity index (χ3v) is 4.88. The zero-order chi connectivity index (χ0) is 21.0. The molecule has 11 heteroatoms. The second kappa shape index (κ2) is 11.1. The first-order chi connectivity index (χ1) is 13.9. The van der Waals surface area contributed by atoms with Crippen LogP contribution in [0.2, 0.25) is 5.02 Å². The van der Waals surface area contributed by atoms with E-state index >= 15 is 0 Å². The van der Waals surface area contributed by atoms with Gasteiger partial charge in [0.1, 0.15) is 11.6 Å². The lowest BCUT2D eigenvalue weighted by Gasteiger charge is -2.25. The summed E-state index contributed by atoms with van der Waals surface area (Å²) in [5.41, 5.74) is 0.518. The number of halogens is 4. The maximum Gasteiger partial charge on any atom is 0.387 e. The van der Waals surface area contributed by atoms with Crippen molar-refractivity contribution < 1.29 is 13.5 Å². The minimum Gasteiger partial charge on any atom is -0.434 e. The van der Waals surface area contributed by atoms with E-state index in [0.717, 1.165) is 24.5 Å². The van der Waals surface area contributed by atoms with Crippen LogP contribution in [0.15, 0.2) is 23.2 Å². The van der Waals surface area contributed by atoms with Crippen LogP contribution < -0.4 is 15.4 Å². The van der Waals surface area contributed by atoms with Crippen molar-refractivity contribution in [2.75, 3.05) is 7.05 Å². The van der Waals surface area contributed by atoms with E-state index in [1.807, 2.05) is 4.68 Å². The summed E-state index contributed by atoms with van der Waals surface area (Å²) in [5, 5.41) is 11.5. The summed E-state index contributed by atoms with van der Waals surface area (Å²) in [5.74, 6) is 2.79. The van der Waals surface area contributed by atoms with Gasteiger partial charge >= 0.3 is 6.61 Å². The molecule has 0 saturated heterocycles. The average Bonchev–Trinajstić information content (AvgIpc) is 3.10. The molecule has 1 aliphatic rings. The summed E-state index contributed by atoms with van der Waals surface area (Å²) in [6, 6.07) is 4.67. The van der Waals surface area contributed by atoms with Gasteiger partial charge in [0, 0.05) is 42.6 Å². The molecule has 0 radical (unpaired) electrons. The summed E-state index contributed by atoms with van der Waals surface area (Å²) in [6.45, 7) is 2.17. The highest BCUT2D eigenvalue weighted by Crippen LogP contribution is 2.24. The quantitative estimate of drug-likeness (QED) is 0.321. The zero-order valence-electron chi connectivity index (χ0n) is 17.0. The van der Waals surface area contributed by atoms with Crippen LogP contribution >= 0.6 is 35.6 Å². The van der Waals surface area contributed by atoms with Crippen LogP contribution in [0.1, 0.15) is 43.4 Å². The van der Waals surface area contributed by atoms with E-state index in [4.69, 9.17) is 11.6 Å². The molecule has 7 nitrogen and oxygen atoms in total. The van der Waals surface area contributed by atoms with Crippen molar-refractivity contribution in [1.82, 2.24) is 25.4 Å². The van der Waals surface area contributed by atoms with Gasteiger partial charge in [0.2, 0.25) is 0 Å². The predicted molar refractivity (Wildman–Crippen MR) is 123 cm³/mol. The van der Waals surface area contributed by atoms with Gasteiger partial charge in [0.05, 0.1) is 6.54 Å². The fourth-order valence-electron chi connectivity index (χ4n) is 3.15. The Labute approximate surface area is 196 Å². The number of aromatic nitrogens is 3. The van der Waals surface area contributed by atoms with Crippen LogP contribution in [0.4, 0.5) is 8.78 Å². The van der Waals surface area contributed by atoms with Gasteiger partial charge in [-0.3, -0.25) is 4.99 Å². The van der Waals surface area contributed by atoms with Crippen LogP contribution in [0, 0.1) is 0 Å². The molecule has 0 aliphatic carbocycles. The Bertz CT molecular complexity index is 877. The SMILES string of the molecule is CN=C(NCc1cc(Cl)ccc1OC(F)F)NC1CCc2nc(C(C)C)nn2C1.I. The number of rotatable bonds is 6. The van der Waals surface area contributed by atoms with E-state index in [1.54, 1.807) is 13.1 Å². The van der Waals surface area contributed by atoms with E-state index in [0.29, 0.717) is 23.1 Å². The molecule has 0 spiro atoms. The highest BCUT2D eigenvalue weighted by atomic mass is 127. The number of ether oxygens (including phenoxy) is 1. The standard InChI is InChI=1S/C19H25ClF2N6O.HI/c1-11(2)17-26-16-7-5-14(10-28(16)27-17)25-19(23-3)24-9-12-8-13(20)4-6-15(12)29-18(21)22;/h4,6,8,11,14,18H,5,7,9-10H2,1-3H3,(H2,23,24,25);1H. The molecule has 0 amide bonds. The van der Waals surface area contributed by atoms with Crippen LogP contribution in [0.25, 0.3) is 0 Å². The largest absolute Gasteiger partial charge is 0.434 e. The number of guanidine groups is 1. The highest BCUT2D eigenvalue weighted by molar-refractivity contribution is 14.0. The molecule has 1 aromatic carbocycles. The zero-order valence-corrected chi connectivity index (χ0v) is 20.1. The molecule has 3 rings (SSSR count). The average molecular weight is 555 g/mol. The smallest absolute Gasteiger partial charge is 0.387 e. The fraction of sp³-hybridized carbons (Fsp3) is 0.526. The van der Waals surface area contributed by atoms with Gasteiger partial charge in [0.15, 0.2) is 11.8 Å². The van der Waals surface area contributed by atoms with Crippen molar-refractivity contribution in [3.63, 3.8) is 0 Å². The molecular formula is C19H26ClF2IN6O. The van der Waals surface area contributed by atoms with Gasteiger partial charge in [-0.15, -0.1) is 24.0 Å². The second-order valence-corrected chi connectivity index (χ2v) is 7.60. The van der Waals surface area contributed by atoms with E-state index < -0.39 is 6.61 Å². The van der Waals surface area contributed by atoms with Crippen molar-refractivity contribution in [3.8, 4) is 5.75 Å². The second-order valence-electron chi connectivity index (χ2n) is 7.16. The molecule has 1 atom stereocenters. The Balaban J connectivity index is 0.00000320.